The molecule has 1 atom stereocenters. The molecule has 2 heterocycles. The van der Waals surface area contributed by atoms with Crippen LogP contribution < -0.4 is 5.32 Å². The van der Waals surface area contributed by atoms with Gasteiger partial charge in [0.15, 0.2) is 0 Å². The zero-order valence-electron chi connectivity index (χ0n) is 13.5. The molecule has 6 heteroatoms. The second-order valence-electron chi connectivity index (χ2n) is 6.04. The quantitative estimate of drug-likeness (QED) is 0.837. The van der Waals surface area contributed by atoms with E-state index in [-0.39, 0.29) is 11.9 Å². The molecule has 1 aliphatic carbocycles. The maximum Gasteiger partial charge on any atom is 0.341 e. The number of esters is 1. The highest BCUT2D eigenvalue weighted by molar-refractivity contribution is 7.17. The number of rotatable bonds is 5. The molecule has 1 saturated heterocycles. The Morgan fingerprint density at radius 2 is 2.13 bits per heavy atom. The average Bonchev–Trinajstić information content (AvgIpc) is 3.19. The summed E-state index contributed by atoms with van der Waals surface area (Å²) in [6, 6.07) is 0. The Kier molecular flexibility index (Phi) is 5.33. The second kappa shape index (κ2) is 7.45. The Balaban J connectivity index is 1.84. The molecule has 1 aromatic heterocycles. The zero-order chi connectivity index (χ0) is 16.2. The number of ether oxygens (including phenoxy) is 2. The first-order chi connectivity index (χ1) is 11.2. The summed E-state index contributed by atoms with van der Waals surface area (Å²) < 4.78 is 10.8. The van der Waals surface area contributed by atoms with Crippen LogP contribution in [0.1, 0.15) is 59.8 Å². The molecule has 0 aromatic carbocycles. The normalized spacial score (nSPS) is 20.1. The van der Waals surface area contributed by atoms with Gasteiger partial charge in [0.1, 0.15) is 11.1 Å². The predicted molar refractivity (Wildman–Crippen MR) is 89.1 cm³/mol. The van der Waals surface area contributed by atoms with Crippen LogP contribution in [0.5, 0.6) is 0 Å². The van der Waals surface area contributed by atoms with E-state index in [2.05, 4.69) is 5.32 Å². The lowest BCUT2D eigenvalue weighted by atomic mass is 9.95. The monoisotopic (exact) mass is 337 g/mol. The van der Waals surface area contributed by atoms with Crippen LogP contribution in [0.15, 0.2) is 0 Å². The van der Waals surface area contributed by atoms with Crippen molar-refractivity contribution in [2.24, 2.45) is 0 Å². The lowest BCUT2D eigenvalue weighted by Crippen LogP contribution is -2.27. The molecule has 0 bridgehead atoms. The molecule has 1 aliphatic heterocycles. The second-order valence-corrected chi connectivity index (χ2v) is 7.15. The van der Waals surface area contributed by atoms with Crippen molar-refractivity contribution in [1.29, 1.82) is 0 Å². The highest BCUT2D eigenvalue weighted by Crippen LogP contribution is 2.38. The van der Waals surface area contributed by atoms with Crippen molar-refractivity contribution in [3.05, 3.63) is 16.0 Å². The topological polar surface area (TPSA) is 64.6 Å². The highest BCUT2D eigenvalue weighted by atomic mass is 32.1. The van der Waals surface area contributed by atoms with Crippen molar-refractivity contribution < 1.29 is 19.1 Å². The van der Waals surface area contributed by atoms with Crippen LogP contribution in [0.4, 0.5) is 5.00 Å². The van der Waals surface area contributed by atoms with Crippen LogP contribution in [-0.4, -0.2) is 31.2 Å². The maximum absolute atomic E-state index is 12.5. The summed E-state index contributed by atoms with van der Waals surface area (Å²) >= 11 is 1.52. The molecule has 126 valence electrons. The van der Waals surface area contributed by atoms with Gasteiger partial charge < -0.3 is 14.8 Å². The van der Waals surface area contributed by atoms with Gasteiger partial charge >= 0.3 is 5.97 Å². The number of thiophene rings is 1. The molecule has 5 nitrogen and oxygen atoms in total. The van der Waals surface area contributed by atoms with E-state index in [1.807, 2.05) is 6.92 Å². The van der Waals surface area contributed by atoms with Gasteiger partial charge in [-0.1, -0.05) is 6.92 Å². The third-order valence-corrected chi connectivity index (χ3v) is 5.48. The van der Waals surface area contributed by atoms with Crippen molar-refractivity contribution in [1.82, 2.24) is 0 Å². The first kappa shape index (κ1) is 16.5. The smallest absolute Gasteiger partial charge is 0.341 e. The molecular weight excluding hydrogens is 314 g/mol. The van der Waals surface area contributed by atoms with E-state index in [4.69, 9.17) is 9.47 Å². The van der Waals surface area contributed by atoms with Crippen molar-refractivity contribution in [2.75, 3.05) is 18.5 Å². The number of hydrogen-bond donors (Lipinski definition) is 1. The van der Waals surface area contributed by atoms with E-state index in [0.717, 1.165) is 50.5 Å². The van der Waals surface area contributed by atoms with Gasteiger partial charge in [-0.3, -0.25) is 4.79 Å². The molecule has 0 saturated carbocycles. The molecule has 1 N–H and O–H groups in total. The molecule has 3 rings (SSSR count). The van der Waals surface area contributed by atoms with Crippen LogP contribution >= 0.6 is 11.3 Å². The van der Waals surface area contributed by atoms with E-state index in [0.29, 0.717) is 23.8 Å². The number of amides is 1. The molecule has 1 unspecified atom stereocenters. The minimum atomic E-state index is -0.395. The lowest BCUT2D eigenvalue weighted by Gasteiger charge is -2.13. The van der Waals surface area contributed by atoms with Gasteiger partial charge in [-0.15, -0.1) is 11.3 Å². The van der Waals surface area contributed by atoms with E-state index in [9.17, 15) is 9.59 Å². The number of fused-ring (bicyclic) bond motifs is 1. The Morgan fingerprint density at radius 1 is 1.30 bits per heavy atom. The number of hydrogen-bond acceptors (Lipinski definition) is 5. The van der Waals surface area contributed by atoms with Crippen LogP contribution in [-0.2, 0) is 27.1 Å². The summed E-state index contributed by atoms with van der Waals surface area (Å²) in [6.45, 7) is 3.00. The summed E-state index contributed by atoms with van der Waals surface area (Å²) in [5.41, 5.74) is 1.65. The maximum atomic E-state index is 12.5. The van der Waals surface area contributed by atoms with Gasteiger partial charge in [-0.25, -0.2) is 4.79 Å². The molecule has 0 radical (unpaired) electrons. The Bertz CT molecular complexity index is 590. The Morgan fingerprint density at radius 3 is 2.87 bits per heavy atom. The molecular formula is C17H23NO4S. The van der Waals surface area contributed by atoms with Crippen molar-refractivity contribution in [3.8, 4) is 0 Å². The van der Waals surface area contributed by atoms with E-state index in [1.165, 1.54) is 16.2 Å². The van der Waals surface area contributed by atoms with Crippen molar-refractivity contribution >= 4 is 28.2 Å². The van der Waals surface area contributed by atoms with Gasteiger partial charge in [-0.05, 0) is 50.5 Å². The molecule has 1 amide bonds. The number of aryl methyl sites for hydroxylation is 1. The summed E-state index contributed by atoms with van der Waals surface area (Å²) in [7, 11) is 0. The number of anilines is 1. The van der Waals surface area contributed by atoms with Gasteiger partial charge in [0.2, 0.25) is 0 Å². The summed E-state index contributed by atoms with van der Waals surface area (Å²) in [6.07, 6.45) is 6.12. The number of nitrogens with one attached hydrogen (secondary N) is 1. The lowest BCUT2D eigenvalue weighted by molar-refractivity contribution is -0.124. The van der Waals surface area contributed by atoms with Crippen LogP contribution in [0, 0.1) is 0 Å². The van der Waals surface area contributed by atoms with Gasteiger partial charge in [0, 0.05) is 11.5 Å². The molecule has 23 heavy (non-hydrogen) atoms. The highest BCUT2D eigenvalue weighted by Gasteiger charge is 2.30. The summed E-state index contributed by atoms with van der Waals surface area (Å²) in [5.74, 6) is -0.459. The minimum Gasteiger partial charge on any atom is -0.462 e. The van der Waals surface area contributed by atoms with Gasteiger partial charge in [0.25, 0.3) is 5.91 Å². The average molecular weight is 337 g/mol. The van der Waals surface area contributed by atoms with Gasteiger partial charge in [0.05, 0.1) is 12.2 Å². The molecule has 0 spiro atoms. The number of carbonyl (C=O) groups excluding carboxylic acids is 2. The molecule has 1 aromatic rings. The van der Waals surface area contributed by atoms with Crippen LogP contribution in [0.3, 0.4) is 0 Å². The van der Waals surface area contributed by atoms with Crippen LogP contribution in [0.2, 0.25) is 0 Å². The third kappa shape index (κ3) is 3.58. The minimum absolute atomic E-state index is 0.148. The fourth-order valence-electron chi connectivity index (χ4n) is 3.11. The first-order valence-electron chi connectivity index (χ1n) is 8.44. The van der Waals surface area contributed by atoms with E-state index in [1.54, 1.807) is 0 Å². The molecule has 1 fully saturated rings. The van der Waals surface area contributed by atoms with E-state index < -0.39 is 6.10 Å². The standard InChI is InChI=1S/C17H23NO4S/c1-2-9-22-17(20)14-11-6-3-4-8-13(11)23-16(14)18-15(19)12-7-5-10-21-12/h12H,2-10H2,1H3,(H,18,19). The fourth-order valence-corrected chi connectivity index (χ4v) is 4.39. The fraction of sp³-hybridized carbons (Fsp3) is 0.647. The number of carbonyl (C=O) groups is 2. The van der Waals surface area contributed by atoms with Crippen LogP contribution in [0.25, 0.3) is 0 Å². The van der Waals surface area contributed by atoms with E-state index >= 15 is 0 Å². The van der Waals surface area contributed by atoms with Crippen molar-refractivity contribution in [3.63, 3.8) is 0 Å². The molecule has 2 aliphatic rings. The first-order valence-corrected chi connectivity index (χ1v) is 9.26. The Hall–Kier alpha value is -1.40. The summed E-state index contributed by atoms with van der Waals surface area (Å²) in [4.78, 5) is 26.0. The largest absolute Gasteiger partial charge is 0.462 e. The van der Waals surface area contributed by atoms with Crippen molar-refractivity contribution in [2.45, 2.75) is 58.0 Å². The van der Waals surface area contributed by atoms with Gasteiger partial charge in [-0.2, -0.15) is 0 Å². The summed E-state index contributed by atoms with van der Waals surface area (Å²) in [5, 5.41) is 3.56. The zero-order valence-corrected chi connectivity index (χ0v) is 14.3. The predicted octanol–water partition coefficient (Wildman–Crippen LogP) is 3.31. The Labute approximate surface area is 140 Å². The SMILES string of the molecule is CCCOC(=O)c1c(NC(=O)C2CCCO2)sc2c1CCCC2. The third-order valence-electron chi connectivity index (χ3n) is 4.27.